The highest BCUT2D eigenvalue weighted by atomic mass is 32.2. The van der Waals surface area contributed by atoms with Crippen LogP contribution in [0.2, 0.25) is 0 Å². The van der Waals surface area contributed by atoms with Crippen LogP contribution in [-0.2, 0) is 21.3 Å². The average Bonchev–Trinajstić information content (AvgIpc) is 2.37. The molecule has 0 radical (unpaired) electrons. The Morgan fingerprint density at radius 3 is 2.48 bits per heavy atom. The van der Waals surface area contributed by atoms with E-state index in [1.54, 1.807) is 13.1 Å². The summed E-state index contributed by atoms with van der Waals surface area (Å²) in [5.41, 5.74) is 0.706. The van der Waals surface area contributed by atoms with Crippen LogP contribution >= 0.6 is 0 Å². The molecule has 1 aliphatic heterocycles. The van der Waals surface area contributed by atoms with Gasteiger partial charge in [-0.3, -0.25) is 0 Å². The minimum absolute atomic E-state index is 0.199. The Bertz CT molecular complexity index is 596. The second-order valence-electron chi connectivity index (χ2n) is 5.37. The van der Waals surface area contributed by atoms with Gasteiger partial charge in [0.25, 0.3) is 0 Å². The molecular formula is C14H21FN2O3S. The Kier molecular flexibility index (Phi) is 4.98. The van der Waals surface area contributed by atoms with Crippen LogP contribution in [0.15, 0.2) is 23.1 Å². The Hall–Kier alpha value is -1.02. The first kappa shape index (κ1) is 16.4. The molecule has 2 rings (SSSR count). The minimum Gasteiger partial charge on any atom is -0.373 e. The quantitative estimate of drug-likeness (QED) is 0.911. The molecule has 7 heteroatoms. The Morgan fingerprint density at radius 1 is 1.33 bits per heavy atom. The molecule has 1 saturated heterocycles. The predicted molar refractivity (Wildman–Crippen MR) is 77.9 cm³/mol. The summed E-state index contributed by atoms with van der Waals surface area (Å²) in [6, 6.07) is 4.22. The lowest BCUT2D eigenvalue weighted by Crippen LogP contribution is -2.48. The SMILES string of the molecule is CNCc1ccc(S(=O)(=O)N2C[C@@H](C)O[C@@H](C)C2)c(F)c1. The van der Waals surface area contributed by atoms with Crippen molar-refractivity contribution < 1.29 is 17.5 Å². The smallest absolute Gasteiger partial charge is 0.246 e. The number of hydrogen-bond acceptors (Lipinski definition) is 4. The van der Waals surface area contributed by atoms with E-state index in [-0.39, 0.29) is 30.2 Å². The number of sulfonamides is 1. The van der Waals surface area contributed by atoms with E-state index in [4.69, 9.17) is 4.74 Å². The number of hydrogen-bond donors (Lipinski definition) is 1. The molecule has 1 N–H and O–H groups in total. The molecule has 1 aromatic carbocycles. The molecule has 0 aromatic heterocycles. The van der Waals surface area contributed by atoms with Crippen LogP contribution in [-0.4, -0.2) is 45.1 Å². The highest BCUT2D eigenvalue weighted by molar-refractivity contribution is 7.89. The standard InChI is InChI=1S/C14H21FN2O3S/c1-10-8-17(9-11(2)20-10)21(18,19)14-5-4-12(7-16-3)6-13(14)15/h4-6,10-11,16H,7-9H2,1-3H3/t10-,11+. The minimum atomic E-state index is -3.83. The molecule has 0 unspecified atom stereocenters. The lowest BCUT2D eigenvalue weighted by atomic mass is 10.2. The lowest BCUT2D eigenvalue weighted by Gasteiger charge is -2.34. The summed E-state index contributed by atoms with van der Waals surface area (Å²) < 4.78 is 46.1. The fourth-order valence-corrected chi connectivity index (χ4v) is 4.17. The van der Waals surface area contributed by atoms with E-state index in [0.717, 1.165) is 0 Å². The first-order chi connectivity index (χ1) is 9.84. The Balaban J connectivity index is 2.31. The Labute approximate surface area is 125 Å². The number of nitrogens with one attached hydrogen (secondary N) is 1. The van der Waals surface area contributed by atoms with Crippen molar-refractivity contribution in [3.63, 3.8) is 0 Å². The molecule has 1 aliphatic rings. The normalized spacial score (nSPS) is 24.2. The highest BCUT2D eigenvalue weighted by Gasteiger charge is 2.33. The highest BCUT2D eigenvalue weighted by Crippen LogP contribution is 2.24. The number of halogens is 1. The van der Waals surface area contributed by atoms with Gasteiger partial charge in [0.05, 0.1) is 12.2 Å². The average molecular weight is 316 g/mol. The molecule has 1 aromatic rings. The molecule has 2 atom stereocenters. The van der Waals surface area contributed by atoms with Gasteiger partial charge in [-0.2, -0.15) is 4.31 Å². The molecule has 0 amide bonds. The molecule has 0 spiro atoms. The molecule has 0 bridgehead atoms. The molecule has 118 valence electrons. The van der Waals surface area contributed by atoms with Crippen molar-refractivity contribution in [3.8, 4) is 0 Å². The molecular weight excluding hydrogens is 295 g/mol. The van der Waals surface area contributed by atoms with Crippen LogP contribution in [0.1, 0.15) is 19.4 Å². The van der Waals surface area contributed by atoms with Crippen molar-refractivity contribution in [1.82, 2.24) is 9.62 Å². The van der Waals surface area contributed by atoms with Gasteiger partial charge in [-0.15, -0.1) is 0 Å². The second kappa shape index (κ2) is 6.39. The summed E-state index contributed by atoms with van der Waals surface area (Å²) in [5.74, 6) is -0.713. The first-order valence-corrected chi connectivity index (χ1v) is 8.37. The molecule has 1 fully saturated rings. The van der Waals surface area contributed by atoms with Crippen molar-refractivity contribution in [3.05, 3.63) is 29.6 Å². The fraction of sp³-hybridized carbons (Fsp3) is 0.571. The third-order valence-corrected chi connectivity index (χ3v) is 5.25. The van der Waals surface area contributed by atoms with E-state index in [0.29, 0.717) is 12.1 Å². The second-order valence-corrected chi connectivity index (χ2v) is 7.28. The van der Waals surface area contributed by atoms with E-state index in [9.17, 15) is 12.8 Å². The van der Waals surface area contributed by atoms with Crippen molar-refractivity contribution in [2.24, 2.45) is 0 Å². The molecule has 0 saturated carbocycles. The maximum absolute atomic E-state index is 14.2. The molecule has 0 aliphatic carbocycles. The van der Waals surface area contributed by atoms with E-state index >= 15 is 0 Å². The lowest BCUT2D eigenvalue weighted by molar-refractivity contribution is -0.0441. The van der Waals surface area contributed by atoms with Gasteiger partial charge in [-0.05, 0) is 38.6 Å². The number of nitrogens with zero attached hydrogens (tertiary/aromatic N) is 1. The summed E-state index contributed by atoms with van der Waals surface area (Å²) in [7, 11) is -2.08. The van der Waals surface area contributed by atoms with Gasteiger partial charge in [0.2, 0.25) is 10.0 Å². The number of ether oxygens (including phenoxy) is 1. The summed E-state index contributed by atoms with van der Waals surface area (Å²) in [4.78, 5) is -0.274. The van der Waals surface area contributed by atoms with Gasteiger partial charge in [0.15, 0.2) is 0 Å². The fourth-order valence-electron chi connectivity index (χ4n) is 2.53. The third-order valence-electron chi connectivity index (χ3n) is 3.38. The van der Waals surface area contributed by atoms with E-state index in [1.165, 1.54) is 16.4 Å². The zero-order valence-corrected chi connectivity index (χ0v) is 13.3. The van der Waals surface area contributed by atoms with Crippen LogP contribution in [0, 0.1) is 5.82 Å². The van der Waals surface area contributed by atoms with Crippen molar-refractivity contribution in [1.29, 1.82) is 0 Å². The maximum atomic E-state index is 14.2. The Morgan fingerprint density at radius 2 is 1.95 bits per heavy atom. The summed E-state index contributed by atoms with van der Waals surface area (Å²) >= 11 is 0. The van der Waals surface area contributed by atoms with Gasteiger partial charge >= 0.3 is 0 Å². The van der Waals surface area contributed by atoms with Crippen LogP contribution < -0.4 is 5.32 Å². The van der Waals surface area contributed by atoms with Crippen LogP contribution in [0.3, 0.4) is 0 Å². The van der Waals surface area contributed by atoms with Crippen molar-refractivity contribution in [2.75, 3.05) is 20.1 Å². The molecule has 21 heavy (non-hydrogen) atoms. The van der Waals surface area contributed by atoms with Gasteiger partial charge < -0.3 is 10.1 Å². The zero-order valence-electron chi connectivity index (χ0n) is 12.5. The number of benzene rings is 1. The van der Waals surface area contributed by atoms with Crippen LogP contribution in [0.4, 0.5) is 4.39 Å². The van der Waals surface area contributed by atoms with Crippen molar-refractivity contribution in [2.45, 2.75) is 37.5 Å². The van der Waals surface area contributed by atoms with Gasteiger partial charge in [0, 0.05) is 19.6 Å². The van der Waals surface area contributed by atoms with Gasteiger partial charge in [-0.25, -0.2) is 12.8 Å². The zero-order chi connectivity index (χ0) is 15.6. The van der Waals surface area contributed by atoms with E-state index < -0.39 is 15.8 Å². The van der Waals surface area contributed by atoms with Crippen molar-refractivity contribution >= 4 is 10.0 Å². The predicted octanol–water partition coefficient (Wildman–Crippen LogP) is 1.34. The van der Waals surface area contributed by atoms with Gasteiger partial charge in [0.1, 0.15) is 10.7 Å². The van der Waals surface area contributed by atoms with Crippen LogP contribution in [0.5, 0.6) is 0 Å². The molecule has 1 heterocycles. The van der Waals surface area contributed by atoms with Gasteiger partial charge in [-0.1, -0.05) is 6.07 Å². The number of morpholine rings is 1. The topological polar surface area (TPSA) is 58.6 Å². The van der Waals surface area contributed by atoms with E-state index in [2.05, 4.69) is 5.32 Å². The van der Waals surface area contributed by atoms with E-state index in [1.807, 2.05) is 13.8 Å². The van der Waals surface area contributed by atoms with Crippen LogP contribution in [0.25, 0.3) is 0 Å². The maximum Gasteiger partial charge on any atom is 0.246 e. The summed E-state index contributed by atoms with van der Waals surface area (Å²) in [6.45, 7) is 4.59. The summed E-state index contributed by atoms with van der Waals surface area (Å²) in [6.07, 6.45) is -0.398. The number of rotatable bonds is 4. The largest absolute Gasteiger partial charge is 0.373 e. The third kappa shape index (κ3) is 3.60. The monoisotopic (exact) mass is 316 g/mol. The summed E-state index contributed by atoms with van der Waals surface area (Å²) in [5, 5.41) is 2.90. The molecule has 5 nitrogen and oxygen atoms in total. The first-order valence-electron chi connectivity index (χ1n) is 6.93.